The van der Waals surface area contributed by atoms with E-state index in [1.165, 1.54) is 35.1 Å². The summed E-state index contributed by atoms with van der Waals surface area (Å²) in [4.78, 5) is 33.3. The van der Waals surface area contributed by atoms with Crippen LogP contribution < -0.4 is 5.32 Å². The Morgan fingerprint density at radius 1 is 1.36 bits per heavy atom. The van der Waals surface area contributed by atoms with Crippen LogP contribution in [0.1, 0.15) is 37.2 Å². The Morgan fingerprint density at radius 3 is 2.72 bits per heavy atom. The van der Waals surface area contributed by atoms with Crippen molar-refractivity contribution in [3.8, 4) is 5.69 Å². The van der Waals surface area contributed by atoms with Crippen LogP contribution in [0.25, 0.3) is 5.69 Å². The fourth-order valence-corrected chi connectivity index (χ4v) is 2.19. The van der Waals surface area contributed by atoms with E-state index in [-0.39, 0.29) is 24.2 Å². The van der Waals surface area contributed by atoms with Crippen molar-refractivity contribution in [2.75, 3.05) is 0 Å². The van der Waals surface area contributed by atoms with E-state index in [0.29, 0.717) is 5.69 Å². The van der Waals surface area contributed by atoms with Gasteiger partial charge in [-0.15, -0.1) is 0 Å². The molecule has 9 heteroatoms. The number of aromatic nitrogens is 2. The van der Waals surface area contributed by atoms with Crippen molar-refractivity contribution in [1.29, 1.82) is 0 Å². The Morgan fingerprint density at radius 2 is 2.08 bits per heavy atom. The smallest absolute Gasteiger partial charge is 0.303 e. The number of non-ortho nitro benzene ring substituents is 1. The molecule has 0 saturated heterocycles. The van der Waals surface area contributed by atoms with E-state index in [4.69, 9.17) is 5.11 Å². The Kier molecular flexibility index (Phi) is 5.16. The largest absolute Gasteiger partial charge is 0.481 e. The number of nitrogens with one attached hydrogen (secondary N) is 1. The molecule has 0 aliphatic heterocycles. The number of amides is 1. The summed E-state index contributed by atoms with van der Waals surface area (Å²) in [5.74, 6) is -1.38. The second-order valence-corrected chi connectivity index (χ2v) is 6.15. The van der Waals surface area contributed by atoms with Crippen molar-refractivity contribution in [3.63, 3.8) is 0 Å². The standard InChI is InChI=1S/C16H18N4O5/c1-16(2,8-6-14(21)22)17-15(23)13-7-9-19(18-13)11-4-3-5-12(10-11)20(24)25/h3-5,7,9-10H,6,8H2,1-2H3,(H,17,23)(H,21,22). The highest BCUT2D eigenvalue weighted by Crippen LogP contribution is 2.17. The lowest BCUT2D eigenvalue weighted by atomic mass is 9.98. The van der Waals surface area contributed by atoms with Crippen molar-refractivity contribution in [2.45, 2.75) is 32.2 Å². The highest BCUT2D eigenvalue weighted by atomic mass is 16.6. The van der Waals surface area contributed by atoms with Crippen molar-refractivity contribution >= 4 is 17.6 Å². The van der Waals surface area contributed by atoms with Crippen LogP contribution in [0.4, 0.5) is 5.69 Å². The highest BCUT2D eigenvalue weighted by molar-refractivity contribution is 5.92. The van der Waals surface area contributed by atoms with E-state index in [0.717, 1.165) is 0 Å². The van der Waals surface area contributed by atoms with Gasteiger partial charge in [-0.2, -0.15) is 5.10 Å². The van der Waals surface area contributed by atoms with Gasteiger partial charge in [-0.05, 0) is 32.4 Å². The van der Waals surface area contributed by atoms with E-state index in [1.54, 1.807) is 19.9 Å². The lowest BCUT2D eigenvalue weighted by molar-refractivity contribution is -0.384. The topological polar surface area (TPSA) is 127 Å². The number of aliphatic carboxylic acids is 1. The number of carboxylic acid groups (broad SMARTS) is 1. The monoisotopic (exact) mass is 346 g/mol. The molecule has 2 aromatic rings. The van der Waals surface area contributed by atoms with E-state index in [9.17, 15) is 19.7 Å². The number of nitro groups is 1. The third-order valence-electron chi connectivity index (χ3n) is 3.54. The van der Waals surface area contributed by atoms with Gasteiger partial charge in [0.25, 0.3) is 11.6 Å². The van der Waals surface area contributed by atoms with Crippen molar-refractivity contribution in [2.24, 2.45) is 0 Å². The average molecular weight is 346 g/mol. The van der Waals surface area contributed by atoms with Gasteiger partial charge in [-0.25, -0.2) is 4.68 Å². The summed E-state index contributed by atoms with van der Waals surface area (Å²) in [6.45, 7) is 3.46. The predicted octanol–water partition coefficient (Wildman–Crippen LogP) is 2.15. The van der Waals surface area contributed by atoms with Gasteiger partial charge in [0.05, 0.1) is 10.6 Å². The van der Waals surface area contributed by atoms with Gasteiger partial charge in [0, 0.05) is 30.3 Å². The summed E-state index contributed by atoms with van der Waals surface area (Å²) < 4.78 is 1.37. The zero-order chi connectivity index (χ0) is 18.6. The molecule has 0 fully saturated rings. The van der Waals surface area contributed by atoms with Crippen molar-refractivity contribution in [3.05, 3.63) is 52.3 Å². The summed E-state index contributed by atoms with van der Waals surface area (Å²) in [5, 5.41) is 26.4. The lowest BCUT2D eigenvalue weighted by Crippen LogP contribution is -2.43. The zero-order valence-electron chi connectivity index (χ0n) is 13.8. The number of hydrogen-bond donors (Lipinski definition) is 2. The third kappa shape index (κ3) is 4.87. The number of carbonyl (C=O) groups excluding carboxylic acids is 1. The molecular formula is C16H18N4O5. The van der Waals surface area contributed by atoms with Crippen LogP contribution in [0.2, 0.25) is 0 Å². The molecule has 2 rings (SSSR count). The molecule has 1 amide bonds. The number of carboxylic acids is 1. The Hall–Kier alpha value is -3.23. The molecule has 25 heavy (non-hydrogen) atoms. The molecule has 0 spiro atoms. The molecule has 0 radical (unpaired) electrons. The maximum Gasteiger partial charge on any atom is 0.303 e. The molecule has 0 unspecified atom stereocenters. The maximum atomic E-state index is 12.3. The number of hydrogen-bond acceptors (Lipinski definition) is 5. The fourth-order valence-electron chi connectivity index (χ4n) is 2.19. The summed E-state index contributed by atoms with van der Waals surface area (Å²) >= 11 is 0. The van der Waals surface area contributed by atoms with Crippen LogP contribution in [0.5, 0.6) is 0 Å². The van der Waals surface area contributed by atoms with Crippen molar-refractivity contribution in [1.82, 2.24) is 15.1 Å². The molecule has 132 valence electrons. The first kappa shape index (κ1) is 18.1. The van der Waals surface area contributed by atoms with Gasteiger partial charge >= 0.3 is 5.97 Å². The molecule has 0 aliphatic carbocycles. The van der Waals surface area contributed by atoms with E-state index in [2.05, 4.69) is 10.4 Å². The van der Waals surface area contributed by atoms with E-state index >= 15 is 0 Å². The summed E-state index contributed by atoms with van der Waals surface area (Å²) in [5.41, 5.74) is -0.188. The summed E-state index contributed by atoms with van der Waals surface area (Å²) in [7, 11) is 0. The minimum atomic E-state index is -0.933. The van der Waals surface area contributed by atoms with Gasteiger partial charge in [-0.1, -0.05) is 6.07 Å². The summed E-state index contributed by atoms with van der Waals surface area (Å²) in [6, 6.07) is 7.38. The second-order valence-electron chi connectivity index (χ2n) is 6.15. The minimum absolute atomic E-state index is 0.0601. The average Bonchev–Trinajstić information content (AvgIpc) is 3.03. The molecule has 1 aromatic heterocycles. The predicted molar refractivity (Wildman–Crippen MR) is 88.6 cm³/mol. The van der Waals surface area contributed by atoms with Crippen LogP contribution in [-0.2, 0) is 4.79 Å². The number of nitrogens with zero attached hydrogens (tertiary/aromatic N) is 3. The number of nitro benzene ring substituents is 1. The number of rotatable bonds is 7. The SMILES string of the molecule is CC(C)(CCC(=O)O)NC(=O)c1ccn(-c2cccc([N+](=O)[O-])c2)n1. The second kappa shape index (κ2) is 7.12. The molecule has 0 aliphatic rings. The molecule has 0 saturated carbocycles. The molecule has 1 heterocycles. The van der Waals surface area contributed by atoms with Crippen molar-refractivity contribution < 1.29 is 19.6 Å². The Labute approximate surface area is 143 Å². The molecule has 9 nitrogen and oxygen atoms in total. The molecule has 0 bridgehead atoms. The molecule has 2 N–H and O–H groups in total. The first-order valence-corrected chi connectivity index (χ1v) is 7.53. The molecule has 1 aromatic carbocycles. The first-order valence-electron chi connectivity index (χ1n) is 7.53. The molecule has 0 atom stereocenters. The normalized spacial score (nSPS) is 11.1. The Balaban J connectivity index is 2.12. The van der Waals surface area contributed by atoms with E-state index in [1.807, 2.05) is 0 Å². The van der Waals surface area contributed by atoms with E-state index < -0.39 is 22.3 Å². The zero-order valence-corrected chi connectivity index (χ0v) is 13.8. The summed E-state index contributed by atoms with van der Waals surface area (Å²) in [6.07, 6.45) is 1.74. The van der Waals surface area contributed by atoms with Gasteiger partial charge in [0.2, 0.25) is 0 Å². The van der Waals surface area contributed by atoms with Crippen LogP contribution in [0, 0.1) is 10.1 Å². The number of carbonyl (C=O) groups is 2. The third-order valence-corrected chi connectivity index (χ3v) is 3.54. The molecular weight excluding hydrogens is 328 g/mol. The number of benzene rings is 1. The van der Waals surface area contributed by atoms with Crippen LogP contribution in [0.15, 0.2) is 36.5 Å². The quantitative estimate of drug-likeness (QED) is 0.584. The minimum Gasteiger partial charge on any atom is -0.481 e. The first-order chi connectivity index (χ1) is 11.7. The van der Waals surface area contributed by atoms with Gasteiger partial charge in [0.1, 0.15) is 0 Å². The lowest BCUT2D eigenvalue weighted by Gasteiger charge is -2.25. The van der Waals surface area contributed by atoms with Gasteiger partial charge in [0.15, 0.2) is 5.69 Å². The Bertz CT molecular complexity index is 812. The van der Waals surface area contributed by atoms with Gasteiger partial charge < -0.3 is 10.4 Å². The highest BCUT2D eigenvalue weighted by Gasteiger charge is 2.23. The van der Waals surface area contributed by atoms with Crippen LogP contribution in [0.3, 0.4) is 0 Å². The maximum absolute atomic E-state index is 12.3. The van der Waals surface area contributed by atoms with Crippen LogP contribution in [-0.4, -0.2) is 37.2 Å². The van der Waals surface area contributed by atoms with Gasteiger partial charge in [-0.3, -0.25) is 19.7 Å². The fraction of sp³-hybridized carbons (Fsp3) is 0.312. The van der Waals surface area contributed by atoms with Crippen LogP contribution >= 0.6 is 0 Å².